The number of carbonyl (C=O) groups excluding carboxylic acids is 1. The van der Waals surface area contributed by atoms with E-state index in [1.807, 2.05) is 49.4 Å². The molecule has 0 unspecified atom stereocenters. The molecule has 1 amide bonds. The molecular weight excluding hydrogens is 433 g/mol. The third-order valence-electron chi connectivity index (χ3n) is 4.96. The molecule has 2 N–H and O–H groups in total. The van der Waals surface area contributed by atoms with Crippen molar-refractivity contribution in [3.8, 4) is 11.3 Å². The maximum Gasteiger partial charge on any atom is 0.291 e. The normalized spacial score (nSPS) is 11.9. The molecule has 0 bridgehead atoms. The Morgan fingerprint density at radius 3 is 2.48 bits per heavy atom. The van der Waals surface area contributed by atoms with E-state index in [1.165, 1.54) is 0 Å². The first-order valence-corrected chi connectivity index (χ1v) is 10.4. The molecule has 0 saturated carbocycles. The van der Waals surface area contributed by atoms with Crippen LogP contribution in [0.3, 0.4) is 0 Å². The number of aliphatic hydroxyl groups excluding tert-OH is 1. The molecule has 0 aliphatic carbocycles. The molecule has 4 rings (SSSR count). The number of hydrogen-bond acceptors (Lipinski definition) is 3. The first kappa shape index (κ1) is 21.2. The molecule has 0 saturated heterocycles. The molecule has 0 spiro atoms. The summed E-state index contributed by atoms with van der Waals surface area (Å²) in [5.41, 5.74) is 3.37. The average Bonchev–Trinajstić information content (AvgIpc) is 3.27. The van der Waals surface area contributed by atoms with Gasteiger partial charge in [-0.3, -0.25) is 4.79 Å². The highest BCUT2D eigenvalue weighted by atomic mass is 35.5. The Bertz CT molecular complexity index is 1230. The van der Waals surface area contributed by atoms with E-state index in [0.717, 1.165) is 11.1 Å². The second-order valence-corrected chi connectivity index (χ2v) is 7.97. The van der Waals surface area contributed by atoms with Crippen molar-refractivity contribution in [1.29, 1.82) is 0 Å². The number of furan rings is 1. The number of rotatable bonds is 5. The van der Waals surface area contributed by atoms with Crippen molar-refractivity contribution < 1.29 is 14.3 Å². The number of halogens is 2. The minimum Gasteiger partial charge on any atom is -0.451 e. The summed E-state index contributed by atoms with van der Waals surface area (Å²) in [6.45, 7) is 1.92. The van der Waals surface area contributed by atoms with Crippen LogP contribution >= 0.6 is 23.2 Å². The molecule has 1 atom stereocenters. The SMILES string of the molecule is Cc1ccc(-c2ccc(C(=O)Nc3ccc(Cl)cc3[C@H](O)c3ccccc3)o2)cc1Cl. The maximum absolute atomic E-state index is 12.8. The van der Waals surface area contributed by atoms with Crippen molar-refractivity contribution in [1.82, 2.24) is 0 Å². The smallest absolute Gasteiger partial charge is 0.291 e. The molecule has 0 aliphatic rings. The largest absolute Gasteiger partial charge is 0.451 e. The summed E-state index contributed by atoms with van der Waals surface area (Å²) in [6.07, 6.45) is -0.947. The standard InChI is InChI=1S/C25H19Cl2NO3/c1-15-7-8-17(13-20(15)27)22-11-12-23(31-22)25(30)28-21-10-9-18(26)14-19(21)24(29)16-5-3-2-4-6-16/h2-14,24,29H,1H3,(H,28,30)/t24-/m1/s1. The van der Waals surface area contributed by atoms with E-state index in [1.54, 1.807) is 36.4 Å². The maximum atomic E-state index is 12.8. The van der Waals surface area contributed by atoms with Crippen molar-refractivity contribution in [2.24, 2.45) is 0 Å². The molecule has 0 radical (unpaired) electrons. The van der Waals surface area contributed by atoms with Crippen molar-refractivity contribution in [2.45, 2.75) is 13.0 Å². The zero-order chi connectivity index (χ0) is 22.0. The average molecular weight is 452 g/mol. The highest BCUT2D eigenvalue weighted by molar-refractivity contribution is 6.31. The number of hydrogen-bond donors (Lipinski definition) is 2. The van der Waals surface area contributed by atoms with Crippen molar-refractivity contribution in [3.05, 3.63) is 111 Å². The van der Waals surface area contributed by atoms with Gasteiger partial charge in [0.05, 0.1) is 0 Å². The van der Waals surface area contributed by atoms with Crippen LogP contribution in [0.15, 0.2) is 83.3 Å². The number of carbonyl (C=O) groups is 1. The van der Waals surface area contributed by atoms with E-state index >= 15 is 0 Å². The van der Waals surface area contributed by atoms with Crippen LogP contribution in [-0.2, 0) is 0 Å². The first-order chi connectivity index (χ1) is 14.9. The quantitative estimate of drug-likeness (QED) is 0.346. The van der Waals surface area contributed by atoms with Gasteiger partial charge in [0.25, 0.3) is 5.91 Å². The molecule has 156 valence electrons. The molecule has 3 aromatic carbocycles. The van der Waals surface area contributed by atoms with Crippen LogP contribution in [0.25, 0.3) is 11.3 Å². The first-order valence-electron chi connectivity index (χ1n) is 9.62. The van der Waals surface area contributed by atoms with Crippen LogP contribution < -0.4 is 5.32 Å². The zero-order valence-electron chi connectivity index (χ0n) is 16.6. The van der Waals surface area contributed by atoms with Gasteiger partial charge in [0.1, 0.15) is 11.9 Å². The lowest BCUT2D eigenvalue weighted by Gasteiger charge is -2.17. The van der Waals surface area contributed by atoms with Crippen LogP contribution in [0.2, 0.25) is 10.0 Å². The van der Waals surface area contributed by atoms with Gasteiger partial charge in [-0.25, -0.2) is 0 Å². The topological polar surface area (TPSA) is 62.5 Å². The monoisotopic (exact) mass is 451 g/mol. The molecule has 4 aromatic rings. The second kappa shape index (κ2) is 8.98. The fourth-order valence-electron chi connectivity index (χ4n) is 3.23. The minimum absolute atomic E-state index is 0.141. The van der Waals surface area contributed by atoms with Crippen LogP contribution in [0, 0.1) is 6.92 Å². The summed E-state index contributed by atoms with van der Waals surface area (Å²) in [6, 6.07) is 23.0. The van der Waals surface area contributed by atoms with E-state index in [-0.39, 0.29) is 5.76 Å². The Labute approximate surface area is 190 Å². The Kier molecular flexibility index (Phi) is 6.14. The van der Waals surface area contributed by atoms with Crippen molar-refractivity contribution >= 4 is 34.8 Å². The number of aryl methyl sites for hydroxylation is 1. The van der Waals surface area contributed by atoms with E-state index < -0.39 is 12.0 Å². The highest BCUT2D eigenvalue weighted by Gasteiger charge is 2.19. The molecular formula is C25H19Cl2NO3. The van der Waals surface area contributed by atoms with Crippen LogP contribution in [0.4, 0.5) is 5.69 Å². The third kappa shape index (κ3) is 4.67. The van der Waals surface area contributed by atoms with E-state index in [2.05, 4.69) is 5.32 Å². The second-order valence-electron chi connectivity index (χ2n) is 7.13. The minimum atomic E-state index is -0.947. The lowest BCUT2D eigenvalue weighted by Crippen LogP contribution is -2.14. The van der Waals surface area contributed by atoms with Gasteiger partial charge in [0.15, 0.2) is 5.76 Å². The molecule has 4 nitrogen and oxygen atoms in total. The predicted molar refractivity (Wildman–Crippen MR) is 124 cm³/mol. The molecule has 31 heavy (non-hydrogen) atoms. The van der Waals surface area contributed by atoms with Crippen LogP contribution in [-0.4, -0.2) is 11.0 Å². The fourth-order valence-corrected chi connectivity index (χ4v) is 3.59. The summed E-state index contributed by atoms with van der Waals surface area (Å²) in [5, 5.41) is 14.7. The number of benzene rings is 3. The van der Waals surface area contributed by atoms with E-state index in [0.29, 0.717) is 32.6 Å². The lowest BCUT2D eigenvalue weighted by molar-refractivity contribution is 0.0997. The molecule has 0 aliphatic heterocycles. The summed E-state index contributed by atoms with van der Waals surface area (Å²) in [5.74, 6) is 0.239. The Morgan fingerprint density at radius 2 is 1.74 bits per heavy atom. The Balaban J connectivity index is 1.59. The van der Waals surface area contributed by atoms with Crippen molar-refractivity contribution in [2.75, 3.05) is 5.32 Å². The van der Waals surface area contributed by atoms with Gasteiger partial charge < -0.3 is 14.8 Å². The van der Waals surface area contributed by atoms with Gasteiger partial charge in [0.2, 0.25) is 0 Å². The summed E-state index contributed by atoms with van der Waals surface area (Å²) in [4.78, 5) is 12.8. The van der Waals surface area contributed by atoms with E-state index in [9.17, 15) is 9.90 Å². The molecule has 0 fully saturated rings. The zero-order valence-corrected chi connectivity index (χ0v) is 18.1. The van der Waals surface area contributed by atoms with Crippen LogP contribution in [0.1, 0.15) is 33.3 Å². The van der Waals surface area contributed by atoms with Crippen molar-refractivity contribution in [3.63, 3.8) is 0 Å². The molecule has 1 aromatic heterocycles. The Hall–Kier alpha value is -3.05. The predicted octanol–water partition coefficient (Wildman–Crippen LogP) is 6.90. The number of aliphatic hydroxyl groups is 1. The van der Waals surface area contributed by atoms with Gasteiger partial charge in [-0.2, -0.15) is 0 Å². The highest BCUT2D eigenvalue weighted by Crippen LogP contribution is 2.32. The van der Waals surface area contributed by atoms with Crippen LogP contribution in [0.5, 0.6) is 0 Å². The Morgan fingerprint density at radius 1 is 0.968 bits per heavy atom. The van der Waals surface area contributed by atoms with E-state index in [4.69, 9.17) is 27.6 Å². The summed E-state index contributed by atoms with van der Waals surface area (Å²) >= 11 is 12.3. The fraction of sp³-hybridized carbons (Fsp3) is 0.0800. The molecule has 1 heterocycles. The lowest BCUT2D eigenvalue weighted by atomic mass is 10.00. The van der Waals surface area contributed by atoms with Gasteiger partial charge >= 0.3 is 0 Å². The van der Waals surface area contributed by atoms with Gasteiger partial charge in [-0.05, 0) is 54.4 Å². The summed E-state index contributed by atoms with van der Waals surface area (Å²) < 4.78 is 5.75. The summed E-state index contributed by atoms with van der Waals surface area (Å²) in [7, 11) is 0. The van der Waals surface area contributed by atoms with Gasteiger partial charge in [-0.1, -0.05) is 65.7 Å². The third-order valence-corrected chi connectivity index (χ3v) is 5.60. The van der Waals surface area contributed by atoms with Gasteiger partial charge in [-0.15, -0.1) is 0 Å². The number of amides is 1. The van der Waals surface area contributed by atoms with Gasteiger partial charge in [0, 0.05) is 26.9 Å². The number of nitrogens with one attached hydrogen (secondary N) is 1. The number of anilines is 1. The molecule has 6 heteroatoms.